The number of hydrogen-bond acceptors (Lipinski definition) is 3. The first-order valence-corrected chi connectivity index (χ1v) is 6.95. The van der Waals surface area contributed by atoms with Gasteiger partial charge in [-0.1, -0.05) is 12.1 Å². The summed E-state index contributed by atoms with van der Waals surface area (Å²) in [4.78, 5) is 12.3. The van der Waals surface area contributed by atoms with Crippen LogP contribution >= 0.6 is 0 Å². The molecule has 1 amide bonds. The largest absolute Gasteiger partial charge is 0.324 e. The van der Waals surface area contributed by atoms with E-state index in [0.717, 1.165) is 37.3 Å². The third-order valence-electron chi connectivity index (χ3n) is 3.62. The predicted octanol–water partition coefficient (Wildman–Crippen LogP) is 1.81. The molecule has 1 aliphatic rings. The van der Waals surface area contributed by atoms with Crippen LogP contribution in [0.15, 0.2) is 42.7 Å². The molecule has 0 bridgehead atoms. The Kier molecular flexibility index (Phi) is 3.78. The second kappa shape index (κ2) is 5.88. The van der Waals surface area contributed by atoms with E-state index < -0.39 is 0 Å². The highest BCUT2D eigenvalue weighted by Gasteiger charge is 2.21. The Hall–Kier alpha value is -2.14. The molecule has 3 rings (SSSR count). The average Bonchev–Trinajstić information content (AvgIpc) is 3.03. The van der Waals surface area contributed by atoms with Crippen LogP contribution in [0.5, 0.6) is 0 Å². The van der Waals surface area contributed by atoms with Crippen molar-refractivity contribution in [1.29, 1.82) is 0 Å². The highest BCUT2D eigenvalue weighted by atomic mass is 16.1. The van der Waals surface area contributed by atoms with Gasteiger partial charge >= 0.3 is 0 Å². The number of benzene rings is 1. The molecule has 1 aromatic heterocycles. The number of rotatable bonds is 3. The normalized spacial score (nSPS) is 16.0. The predicted molar refractivity (Wildman–Crippen MR) is 77.8 cm³/mol. The number of piperidine rings is 1. The Labute approximate surface area is 118 Å². The lowest BCUT2D eigenvalue weighted by Gasteiger charge is -2.22. The zero-order valence-corrected chi connectivity index (χ0v) is 11.2. The Balaban J connectivity index is 1.79. The molecule has 0 saturated carbocycles. The lowest BCUT2D eigenvalue weighted by Crippen LogP contribution is -2.34. The van der Waals surface area contributed by atoms with Crippen molar-refractivity contribution in [2.24, 2.45) is 5.92 Å². The highest BCUT2D eigenvalue weighted by Crippen LogP contribution is 2.21. The summed E-state index contributed by atoms with van der Waals surface area (Å²) in [5.41, 5.74) is 1.69. The van der Waals surface area contributed by atoms with Crippen LogP contribution in [0, 0.1) is 5.92 Å². The van der Waals surface area contributed by atoms with Gasteiger partial charge in [-0.05, 0) is 44.1 Å². The van der Waals surface area contributed by atoms with Crippen LogP contribution in [-0.4, -0.2) is 28.8 Å². The fraction of sp³-hybridized carbons (Fsp3) is 0.333. The first-order chi connectivity index (χ1) is 9.84. The van der Waals surface area contributed by atoms with Gasteiger partial charge in [0.2, 0.25) is 5.91 Å². The minimum atomic E-state index is 0.0990. The molecule has 20 heavy (non-hydrogen) atoms. The van der Waals surface area contributed by atoms with Crippen LogP contribution in [0.2, 0.25) is 0 Å². The Morgan fingerprint density at radius 3 is 2.80 bits per heavy atom. The van der Waals surface area contributed by atoms with Gasteiger partial charge in [0.05, 0.1) is 11.4 Å². The summed E-state index contributed by atoms with van der Waals surface area (Å²) >= 11 is 0. The Bertz CT molecular complexity index is 573. The van der Waals surface area contributed by atoms with Crippen molar-refractivity contribution in [3.05, 3.63) is 42.7 Å². The van der Waals surface area contributed by atoms with Gasteiger partial charge in [0.15, 0.2) is 0 Å². The summed E-state index contributed by atoms with van der Waals surface area (Å²) < 4.78 is 1.76. The molecule has 2 aromatic rings. The molecule has 0 spiro atoms. The maximum atomic E-state index is 12.3. The van der Waals surface area contributed by atoms with Crippen molar-refractivity contribution in [3.63, 3.8) is 0 Å². The zero-order chi connectivity index (χ0) is 13.8. The van der Waals surface area contributed by atoms with Gasteiger partial charge in [0.1, 0.15) is 0 Å². The van der Waals surface area contributed by atoms with E-state index in [1.807, 2.05) is 36.5 Å². The molecule has 2 N–H and O–H groups in total. The second-order valence-corrected chi connectivity index (χ2v) is 4.98. The van der Waals surface area contributed by atoms with Gasteiger partial charge in [0.25, 0.3) is 0 Å². The molecule has 5 heteroatoms. The lowest BCUT2D eigenvalue weighted by atomic mass is 9.97. The topological polar surface area (TPSA) is 59.0 Å². The standard InChI is InChI=1S/C15H18N4O/c20-15(12-6-9-16-10-7-12)18-13-4-1-2-5-14(13)19-11-3-8-17-19/h1-5,8,11-12,16H,6-7,9-10H2,(H,18,20). The van der Waals surface area contributed by atoms with Crippen LogP contribution < -0.4 is 10.6 Å². The number of carbonyl (C=O) groups is 1. The van der Waals surface area contributed by atoms with Crippen LogP contribution in [-0.2, 0) is 4.79 Å². The minimum Gasteiger partial charge on any atom is -0.324 e. The van der Waals surface area contributed by atoms with Crippen molar-refractivity contribution >= 4 is 11.6 Å². The number of hydrogen-bond donors (Lipinski definition) is 2. The molecule has 104 valence electrons. The molecule has 0 aliphatic carbocycles. The smallest absolute Gasteiger partial charge is 0.227 e. The van der Waals surface area contributed by atoms with Crippen LogP contribution in [0.3, 0.4) is 0 Å². The van der Waals surface area contributed by atoms with Gasteiger partial charge in [-0.3, -0.25) is 4.79 Å². The van der Waals surface area contributed by atoms with Gasteiger partial charge < -0.3 is 10.6 Å². The monoisotopic (exact) mass is 270 g/mol. The Morgan fingerprint density at radius 1 is 1.25 bits per heavy atom. The summed E-state index contributed by atoms with van der Waals surface area (Å²) in [5, 5.41) is 10.5. The number of aromatic nitrogens is 2. The second-order valence-electron chi connectivity index (χ2n) is 4.98. The molecule has 1 fully saturated rings. The molecule has 5 nitrogen and oxygen atoms in total. The van der Waals surface area contributed by atoms with Crippen molar-refractivity contribution in [2.75, 3.05) is 18.4 Å². The molecule has 1 aliphatic heterocycles. The van der Waals surface area contributed by atoms with Crippen molar-refractivity contribution in [1.82, 2.24) is 15.1 Å². The van der Waals surface area contributed by atoms with E-state index in [1.165, 1.54) is 0 Å². The first kappa shape index (κ1) is 12.9. The number of nitrogens with zero attached hydrogens (tertiary/aromatic N) is 2. The quantitative estimate of drug-likeness (QED) is 0.894. The van der Waals surface area contributed by atoms with E-state index in [4.69, 9.17) is 0 Å². The average molecular weight is 270 g/mol. The van der Waals surface area contributed by atoms with E-state index in [2.05, 4.69) is 15.7 Å². The fourth-order valence-corrected chi connectivity index (χ4v) is 2.51. The highest BCUT2D eigenvalue weighted by molar-refractivity contribution is 5.94. The zero-order valence-electron chi connectivity index (χ0n) is 11.2. The van der Waals surface area contributed by atoms with Crippen molar-refractivity contribution in [3.8, 4) is 5.69 Å². The van der Waals surface area contributed by atoms with Gasteiger partial charge in [-0.2, -0.15) is 5.10 Å². The molecule has 2 heterocycles. The number of nitrogens with one attached hydrogen (secondary N) is 2. The van der Waals surface area contributed by atoms with Gasteiger partial charge in [-0.15, -0.1) is 0 Å². The lowest BCUT2D eigenvalue weighted by molar-refractivity contribution is -0.120. The van der Waals surface area contributed by atoms with E-state index >= 15 is 0 Å². The SMILES string of the molecule is O=C(Nc1ccccc1-n1cccn1)C1CCNCC1. The van der Waals surface area contributed by atoms with Crippen molar-refractivity contribution < 1.29 is 4.79 Å². The number of amides is 1. The maximum Gasteiger partial charge on any atom is 0.227 e. The molecule has 1 saturated heterocycles. The van der Waals surface area contributed by atoms with Gasteiger partial charge in [-0.25, -0.2) is 4.68 Å². The number of carbonyl (C=O) groups excluding carboxylic acids is 1. The fourth-order valence-electron chi connectivity index (χ4n) is 2.51. The summed E-state index contributed by atoms with van der Waals surface area (Å²) in [5.74, 6) is 0.202. The molecular weight excluding hydrogens is 252 g/mol. The maximum absolute atomic E-state index is 12.3. The van der Waals surface area contributed by atoms with E-state index in [-0.39, 0.29) is 11.8 Å². The summed E-state index contributed by atoms with van der Waals surface area (Å²) in [6, 6.07) is 9.59. The van der Waals surface area contributed by atoms with Gasteiger partial charge in [0, 0.05) is 18.3 Å². The molecule has 0 radical (unpaired) electrons. The molecule has 0 unspecified atom stereocenters. The summed E-state index contributed by atoms with van der Waals surface area (Å²) in [7, 11) is 0. The third-order valence-corrected chi connectivity index (χ3v) is 3.62. The number of anilines is 1. The summed E-state index contributed by atoms with van der Waals surface area (Å²) in [6.45, 7) is 1.83. The van der Waals surface area contributed by atoms with Crippen LogP contribution in [0.25, 0.3) is 5.69 Å². The molecular formula is C15H18N4O. The Morgan fingerprint density at radius 2 is 2.05 bits per heavy atom. The minimum absolute atomic E-state index is 0.0990. The van der Waals surface area contributed by atoms with E-state index in [9.17, 15) is 4.79 Å². The van der Waals surface area contributed by atoms with E-state index in [0.29, 0.717) is 0 Å². The number of para-hydroxylation sites is 2. The van der Waals surface area contributed by atoms with Crippen LogP contribution in [0.4, 0.5) is 5.69 Å². The van der Waals surface area contributed by atoms with Crippen molar-refractivity contribution in [2.45, 2.75) is 12.8 Å². The van der Waals surface area contributed by atoms with Crippen LogP contribution in [0.1, 0.15) is 12.8 Å². The van der Waals surface area contributed by atoms with E-state index in [1.54, 1.807) is 10.9 Å². The molecule has 0 atom stereocenters. The third kappa shape index (κ3) is 2.72. The first-order valence-electron chi connectivity index (χ1n) is 6.95. The molecule has 1 aromatic carbocycles. The summed E-state index contributed by atoms with van der Waals surface area (Å²) in [6.07, 6.45) is 5.40.